The molecule has 1 aromatic heterocycles. The molecule has 0 spiro atoms. The molecule has 0 amide bonds. The number of thiophene rings is 1. The molecule has 0 radical (unpaired) electrons. The minimum atomic E-state index is -3.57. The third-order valence-corrected chi connectivity index (χ3v) is 6.57. The number of hydrogen-bond acceptors (Lipinski definition) is 4. The highest BCUT2D eigenvalue weighted by Crippen LogP contribution is 2.31. The number of halogens is 1. The molecule has 0 saturated heterocycles. The van der Waals surface area contributed by atoms with Crippen LogP contribution in [0.5, 0.6) is 0 Å². The predicted octanol–water partition coefficient (Wildman–Crippen LogP) is 3.43. The van der Waals surface area contributed by atoms with Crippen LogP contribution in [0, 0.1) is 13.8 Å². The lowest BCUT2D eigenvalue weighted by Gasteiger charge is -2.12. The molecule has 1 heterocycles. The van der Waals surface area contributed by atoms with Gasteiger partial charge in [-0.1, -0.05) is 6.07 Å². The average molecular weight is 389 g/mol. The van der Waals surface area contributed by atoms with E-state index >= 15 is 0 Å². The lowest BCUT2D eigenvalue weighted by molar-refractivity contribution is 0.603. The maximum absolute atomic E-state index is 12.5. The van der Waals surface area contributed by atoms with Crippen LogP contribution < -0.4 is 10.5 Å². The largest absolute Gasteiger partial charge is 0.330 e. The Morgan fingerprint density at radius 1 is 1.29 bits per heavy atom. The number of aryl methyl sites for hydroxylation is 2. The standard InChI is InChI=1S/C14H17BrN2O2S2/c1-9-7-10(2)14(12(15)8-9)17-21(18,19)13-4-3-11(20-13)5-6-16/h3-4,7-8,17H,5-6,16H2,1-2H3. The van der Waals surface area contributed by atoms with Gasteiger partial charge in [0.05, 0.1) is 5.69 Å². The summed E-state index contributed by atoms with van der Waals surface area (Å²) in [5, 5.41) is 0. The first-order chi connectivity index (χ1) is 9.83. The Labute approximate surface area is 137 Å². The number of benzene rings is 1. The van der Waals surface area contributed by atoms with Gasteiger partial charge in [-0.2, -0.15) is 0 Å². The maximum Gasteiger partial charge on any atom is 0.271 e. The first-order valence-corrected chi connectivity index (χ1v) is 9.51. The minimum absolute atomic E-state index is 0.304. The van der Waals surface area contributed by atoms with Crippen LogP contribution in [-0.2, 0) is 16.4 Å². The van der Waals surface area contributed by atoms with Gasteiger partial charge in [0, 0.05) is 9.35 Å². The molecule has 114 valence electrons. The molecule has 0 fully saturated rings. The van der Waals surface area contributed by atoms with Gasteiger partial charge < -0.3 is 5.73 Å². The van der Waals surface area contributed by atoms with E-state index in [2.05, 4.69) is 20.7 Å². The van der Waals surface area contributed by atoms with Crippen molar-refractivity contribution < 1.29 is 8.42 Å². The topological polar surface area (TPSA) is 72.2 Å². The number of rotatable bonds is 5. The Hall–Kier alpha value is -0.890. The first kappa shape index (κ1) is 16.5. The normalized spacial score (nSPS) is 11.6. The maximum atomic E-state index is 12.5. The SMILES string of the molecule is Cc1cc(C)c(NS(=O)(=O)c2ccc(CCN)s2)c(Br)c1. The Bertz CT molecular complexity index is 731. The molecular weight excluding hydrogens is 372 g/mol. The molecule has 21 heavy (non-hydrogen) atoms. The van der Waals surface area contributed by atoms with E-state index in [1.165, 1.54) is 11.3 Å². The summed E-state index contributed by atoms with van der Waals surface area (Å²) in [6.07, 6.45) is 0.688. The predicted molar refractivity (Wildman–Crippen MR) is 91.5 cm³/mol. The molecule has 0 bridgehead atoms. The molecule has 1 aromatic carbocycles. The van der Waals surface area contributed by atoms with Crippen molar-refractivity contribution in [2.45, 2.75) is 24.5 Å². The Balaban J connectivity index is 2.33. The monoisotopic (exact) mass is 388 g/mol. The lowest BCUT2D eigenvalue weighted by atomic mass is 10.1. The lowest BCUT2D eigenvalue weighted by Crippen LogP contribution is -2.13. The van der Waals surface area contributed by atoms with Gasteiger partial charge in [0.1, 0.15) is 4.21 Å². The number of hydrogen-bond donors (Lipinski definition) is 2. The van der Waals surface area contributed by atoms with Gasteiger partial charge in [-0.25, -0.2) is 8.42 Å². The van der Waals surface area contributed by atoms with E-state index < -0.39 is 10.0 Å². The quantitative estimate of drug-likeness (QED) is 0.823. The van der Waals surface area contributed by atoms with Gasteiger partial charge in [-0.3, -0.25) is 4.72 Å². The second-order valence-electron chi connectivity index (χ2n) is 4.80. The molecule has 0 aliphatic rings. The van der Waals surface area contributed by atoms with E-state index in [-0.39, 0.29) is 0 Å². The Kier molecular flexibility index (Phi) is 5.08. The molecule has 2 aromatic rings. The molecule has 4 nitrogen and oxygen atoms in total. The molecule has 0 aliphatic carbocycles. The molecule has 2 rings (SSSR count). The van der Waals surface area contributed by atoms with Crippen LogP contribution in [0.2, 0.25) is 0 Å². The third-order valence-electron chi connectivity index (χ3n) is 2.96. The van der Waals surface area contributed by atoms with Gasteiger partial charge in [0.2, 0.25) is 0 Å². The summed E-state index contributed by atoms with van der Waals surface area (Å²) in [7, 11) is -3.57. The fourth-order valence-electron chi connectivity index (χ4n) is 2.01. The molecule has 7 heteroatoms. The third kappa shape index (κ3) is 3.85. The van der Waals surface area contributed by atoms with Crippen LogP contribution in [0.15, 0.2) is 32.9 Å². The van der Waals surface area contributed by atoms with Crippen LogP contribution >= 0.6 is 27.3 Å². The minimum Gasteiger partial charge on any atom is -0.330 e. The zero-order valence-corrected chi connectivity index (χ0v) is 15.0. The number of nitrogens with one attached hydrogen (secondary N) is 1. The van der Waals surface area contributed by atoms with Crippen LogP contribution in [-0.4, -0.2) is 15.0 Å². The summed E-state index contributed by atoms with van der Waals surface area (Å²) in [6.45, 7) is 4.36. The van der Waals surface area contributed by atoms with Crippen molar-refractivity contribution in [2.75, 3.05) is 11.3 Å². The van der Waals surface area contributed by atoms with E-state index in [0.717, 1.165) is 20.5 Å². The number of anilines is 1. The van der Waals surface area contributed by atoms with Crippen molar-refractivity contribution >= 4 is 43.0 Å². The number of nitrogens with two attached hydrogens (primary N) is 1. The highest BCUT2D eigenvalue weighted by atomic mass is 79.9. The second-order valence-corrected chi connectivity index (χ2v) is 8.74. The fourth-order valence-corrected chi connectivity index (χ4v) is 5.44. The summed E-state index contributed by atoms with van der Waals surface area (Å²) >= 11 is 4.67. The summed E-state index contributed by atoms with van der Waals surface area (Å²) in [6, 6.07) is 7.26. The van der Waals surface area contributed by atoms with Crippen molar-refractivity contribution in [1.29, 1.82) is 0 Å². The highest BCUT2D eigenvalue weighted by molar-refractivity contribution is 9.10. The zero-order valence-electron chi connectivity index (χ0n) is 11.8. The molecular formula is C14H17BrN2O2S2. The van der Waals surface area contributed by atoms with Crippen LogP contribution in [0.4, 0.5) is 5.69 Å². The molecule has 0 saturated carbocycles. The van der Waals surface area contributed by atoms with Gasteiger partial charge in [-0.05, 0) is 72.1 Å². The van der Waals surface area contributed by atoms with E-state index in [1.54, 1.807) is 6.07 Å². The van der Waals surface area contributed by atoms with E-state index in [9.17, 15) is 8.42 Å². The van der Waals surface area contributed by atoms with Crippen molar-refractivity contribution in [1.82, 2.24) is 0 Å². The summed E-state index contributed by atoms with van der Waals surface area (Å²) < 4.78 is 28.6. The van der Waals surface area contributed by atoms with Crippen molar-refractivity contribution in [3.05, 3.63) is 44.7 Å². The van der Waals surface area contributed by atoms with Crippen molar-refractivity contribution in [3.8, 4) is 0 Å². The molecule has 0 atom stereocenters. The zero-order chi connectivity index (χ0) is 15.6. The summed E-state index contributed by atoms with van der Waals surface area (Å²) in [5.74, 6) is 0. The van der Waals surface area contributed by atoms with E-state index in [4.69, 9.17) is 5.73 Å². The van der Waals surface area contributed by atoms with Gasteiger partial charge in [0.25, 0.3) is 10.0 Å². The summed E-state index contributed by atoms with van der Waals surface area (Å²) in [4.78, 5) is 0.970. The second kappa shape index (κ2) is 6.48. The first-order valence-electron chi connectivity index (χ1n) is 6.42. The molecule has 0 aliphatic heterocycles. The summed E-state index contributed by atoms with van der Waals surface area (Å²) in [5.41, 5.74) is 8.02. The smallest absolute Gasteiger partial charge is 0.271 e. The Morgan fingerprint density at radius 3 is 2.62 bits per heavy atom. The van der Waals surface area contributed by atoms with Crippen LogP contribution in [0.25, 0.3) is 0 Å². The van der Waals surface area contributed by atoms with Gasteiger partial charge >= 0.3 is 0 Å². The number of sulfonamides is 1. The highest BCUT2D eigenvalue weighted by Gasteiger charge is 2.19. The van der Waals surface area contributed by atoms with Crippen LogP contribution in [0.1, 0.15) is 16.0 Å². The van der Waals surface area contributed by atoms with Crippen LogP contribution in [0.3, 0.4) is 0 Å². The van der Waals surface area contributed by atoms with Gasteiger partial charge in [0.15, 0.2) is 0 Å². The van der Waals surface area contributed by atoms with Gasteiger partial charge in [-0.15, -0.1) is 11.3 Å². The average Bonchev–Trinajstić information content (AvgIpc) is 2.84. The van der Waals surface area contributed by atoms with E-state index in [1.807, 2.05) is 32.0 Å². The van der Waals surface area contributed by atoms with Crippen molar-refractivity contribution in [3.63, 3.8) is 0 Å². The van der Waals surface area contributed by atoms with Crippen molar-refractivity contribution in [2.24, 2.45) is 5.73 Å². The molecule has 3 N–H and O–H groups in total. The fraction of sp³-hybridized carbons (Fsp3) is 0.286. The van der Waals surface area contributed by atoms with E-state index in [0.29, 0.717) is 22.9 Å². The Morgan fingerprint density at radius 2 is 2.00 bits per heavy atom. The molecule has 0 unspecified atom stereocenters.